The van der Waals surface area contributed by atoms with Crippen LogP contribution in [0.3, 0.4) is 0 Å². The molecule has 0 N–H and O–H groups in total. The average molecular weight is 188 g/mol. The van der Waals surface area contributed by atoms with Crippen LogP contribution in [0.4, 0.5) is 0 Å². The van der Waals surface area contributed by atoms with E-state index in [9.17, 15) is 0 Å². The summed E-state index contributed by atoms with van der Waals surface area (Å²) in [5.74, 6) is 0.366. The van der Waals surface area contributed by atoms with Gasteiger partial charge in [-0.3, -0.25) is 0 Å². The van der Waals surface area contributed by atoms with Crippen LogP contribution in [0, 0.1) is 0 Å². The molecule has 1 aromatic rings. The molecule has 0 radical (unpaired) electrons. The molecule has 0 spiro atoms. The molecule has 1 aromatic carbocycles. The molecule has 14 heavy (non-hydrogen) atoms. The van der Waals surface area contributed by atoms with E-state index in [0.29, 0.717) is 12.0 Å². The average Bonchev–Trinajstić information content (AvgIpc) is 2.27. The molecule has 1 nitrogen and oxygen atoms in total. The van der Waals surface area contributed by atoms with Crippen LogP contribution in [0.1, 0.15) is 30.4 Å². The van der Waals surface area contributed by atoms with Crippen LogP contribution in [0.5, 0.6) is 0 Å². The molecule has 2 rings (SSSR count). The van der Waals surface area contributed by atoms with E-state index in [0.717, 1.165) is 13.0 Å². The quantitative estimate of drug-likeness (QED) is 0.647. The molecular weight excluding hydrogens is 172 g/mol. The smallest absolute Gasteiger partial charge is 0.0724 e. The van der Waals surface area contributed by atoms with Gasteiger partial charge < -0.3 is 4.74 Å². The molecule has 2 atom stereocenters. The lowest BCUT2D eigenvalue weighted by Crippen LogP contribution is -2.26. The van der Waals surface area contributed by atoms with Crippen LogP contribution in [0.15, 0.2) is 36.9 Å². The van der Waals surface area contributed by atoms with Crippen molar-refractivity contribution in [3.63, 3.8) is 0 Å². The SMILES string of the molecule is C=C[C@H]1c2ccccc2CO[C@H]1CC. The van der Waals surface area contributed by atoms with Gasteiger partial charge in [-0.1, -0.05) is 37.3 Å². The summed E-state index contributed by atoms with van der Waals surface area (Å²) in [4.78, 5) is 0. The first-order valence-electron chi connectivity index (χ1n) is 5.18. The minimum Gasteiger partial charge on any atom is -0.373 e. The van der Waals surface area contributed by atoms with E-state index >= 15 is 0 Å². The number of benzene rings is 1. The molecule has 0 saturated heterocycles. The highest BCUT2D eigenvalue weighted by Gasteiger charge is 2.26. The molecule has 0 saturated carbocycles. The van der Waals surface area contributed by atoms with E-state index in [2.05, 4.69) is 37.8 Å². The van der Waals surface area contributed by atoms with E-state index in [1.54, 1.807) is 0 Å². The lowest BCUT2D eigenvalue weighted by atomic mass is 9.86. The van der Waals surface area contributed by atoms with Crippen LogP contribution in [0.2, 0.25) is 0 Å². The second-order valence-electron chi connectivity index (χ2n) is 3.72. The molecule has 0 fully saturated rings. The van der Waals surface area contributed by atoms with Gasteiger partial charge in [-0.05, 0) is 17.5 Å². The maximum absolute atomic E-state index is 5.79. The van der Waals surface area contributed by atoms with Crippen molar-refractivity contribution in [1.29, 1.82) is 0 Å². The van der Waals surface area contributed by atoms with Gasteiger partial charge in [-0.25, -0.2) is 0 Å². The van der Waals surface area contributed by atoms with Gasteiger partial charge in [0.1, 0.15) is 0 Å². The van der Waals surface area contributed by atoms with Crippen LogP contribution in [0.25, 0.3) is 0 Å². The summed E-state index contributed by atoms with van der Waals surface area (Å²) in [5, 5.41) is 0. The molecule has 1 aliphatic rings. The molecule has 0 unspecified atom stereocenters. The second-order valence-corrected chi connectivity index (χ2v) is 3.72. The maximum atomic E-state index is 5.79. The van der Waals surface area contributed by atoms with Gasteiger partial charge in [0.25, 0.3) is 0 Å². The van der Waals surface area contributed by atoms with Gasteiger partial charge in [0.15, 0.2) is 0 Å². The first kappa shape index (κ1) is 9.47. The normalized spacial score (nSPS) is 25.5. The largest absolute Gasteiger partial charge is 0.373 e. The van der Waals surface area contributed by atoms with Crippen molar-refractivity contribution in [3.8, 4) is 0 Å². The third-order valence-electron chi connectivity index (χ3n) is 2.92. The van der Waals surface area contributed by atoms with E-state index in [-0.39, 0.29) is 0 Å². The minimum absolute atomic E-state index is 0.308. The van der Waals surface area contributed by atoms with Crippen molar-refractivity contribution in [2.24, 2.45) is 0 Å². The predicted molar refractivity (Wildman–Crippen MR) is 58.2 cm³/mol. The number of hydrogen-bond donors (Lipinski definition) is 0. The Labute approximate surface area is 85.4 Å². The Balaban J connectivity index is 2.39. The van der Waals surface area contributed by atoms with Crippen molar-refractivity contribution < 1.29 is 4.74 Å². The van der Waals surface area contributed by atoms with Gasteiger partial charge >= 0.3 is 0 Å². The van der Waals surface area contributed by atoms with Crippen LogP contribution in [-0.2, 0) is 11.3 Å². The Kier molecular flexibility index (Phi) is 2.69. The summed E-state index contributed by atoms with van der Waals surface area (Å²) < 4.78 is 5.79. The lowest BCUT2D eigenvalue weighted by molar-refractivity contribution is 0.0158. The Bertz CT molecular complexity index is 330. The van der Waals surface area contributed by atoms with Gasteiger partial charge in [0.05, 0.1) is 12.7 Å². The summed E-state index contributed by atoms with van der Waals surface area (Å²) in [5.41, 5.74) is 2.70. The fourth-order valence-electron chi connectivity index (χ4n) is 2.14. The van der Waals surface area contributed by atoms with Crippen molar-refractivity contribution in [3.05, 3.63) is 48.0 Å². The highest BCUT2D eigenvalue weighted by atomic mass is 16.5. The topological polar surface area (TPSA) is 9.23 Å². The zero-order chi connectivity index (χ0) is 9.97. The summed E-state index contributed by atoms with van der Waals surface area (Å²) >= 11 is 0. The van der Waals surface area contributed by atoms with Crippen LogP contribution in [-0.4, -0.2) is 6.10 Å². The number of fused-ring (bicyclic) bond motifs is 1. The predicted octanol–water partition coefficient (Wildman–Crippen LogP) is 3.27. The van der Waals surface area contributed by atoms with Crippen LogP contribution < -0.4 is 0 Å². The number of ether oxygens (including phenoxy) is 1. The highest BCUT2D eigenvalue weighted by Crippen LogP contribution is 2.33. The fraction of sp³-hybridized carbons (Fsp3) is 0.385. The maximum Gasteiger partial charge on any atom is 0.0724 e. The highest BCUT2D eigenvalue weighted by molar-refractivity contribution is 5.35. The third kappa shape index (κ3) is 1.48. The molecule has 0 aromatic heterocycles. The van der Waals surface area contributed by atoms with Crippen molar-refractivity contribution in [2.45, 2.75) is 32.0 Å². The molecule has 0 aliphatic carbocycles. The zero-order valence-corrected chi connectivity index (χ0v) is 8.57. The molecule has 74 valence electrons. The second kappa shape index (κ2) is 3.97. The Morgan fingerprint density at radius 1 is 1.50 bits per heavy atom. The molecule has 1 aliphatic heterocycles. The monoisotopic (exact) mass is 188 g/mol. The van der Waals surface area contributed by atoms with Crippen LogP contribution >= 0.6 is 0 Å². The van der Waals surface area contributed by atoms with Crippen molar-refractivity contribution in [2.75, 3.05) is 0 Å². The number of hydrogen-bond acceptors (Lipinski definition) is 1. The molecular formula is C13H16O. The summed E-state index contributed by atoms with van der Waals surface area (Å²) in [6, 6.07) is 8.48. The Hall–Kier alpha value is -1.08. The van der Waals surface area contributed by atoms with Crippen molar-refractivity contribution >= 4 is 0 Å². The lowest BCUT2D eigenvalue weighted by Gasteiger charge is -2.31. The van der Waals surface area contributed by atoms with Gasteiger partial charge in [0, 0.05) is 5.92 Å². The molecule has 0 amide bonds. The third-order valence-corrected chi connectivity index (χ3v) is 2.92. The first-order chi connectivity index (χ1) is 6.86. The first-order valence-corrected chi connectivity index (χ1v) is 5.18. The molecule has 1 heterocycles. The zero-order valence-electron chi connectivity index (χ0n) is 8.57. The van der Waals surface area contributed by atoms with Gasteiger partial charge in [-0.15, -0.1) is 6.58 Å². The van der Waals surface area contributed by atoms with Crippen molar-refractivity contribution in [1.82, 2.24) is 0 Å². The summed E-state index contributed by atoms with van der Waals surface area (Å²) in [6.07, 6.45) is 3.36. The van der Waals surface area contributed by atoms with E-state index in [1.165, 1.54) is 11.1 Å². The van der Waals surface area contributed by atoms with E-state index in [4.69, 9.17) is 4.74 Å². The minimum atomic E-state index is 0.308. The summed E-state index contributed by atoms with van der Waals surface area (Å²) in [6.45, 7) is 6.81. The van der Waals surface area contributed by atoms with Gasteiger partial charge in [-0.2, -0.15) is 0 Å². The summed E-state index contributed by atoms with van der Waals surface area (Å²) in [7, 11) is 0. The van der Waals surface area contributed by atoms with E-state index < -0.39 is 0 Å². The standard InChI is InChI=1S/C13H16O/c1-3-11-12-8-6-5-7-10(12)9-14-13(11)4-2/h3,5-8,11,13H,1,4,9H2,2H3/t11-,13-/m0/s1. The van der Waals surface area contributed by atoms with Gasteiger partial charge in [0.2, 0.25) is 0 Å². The Morgan fingerprint density at radius 3 is 3.00 bits per heavy atom. The fourth-order valence-corrected chi connectivity index (χ4v) is 2.14. The molecule has 0 bridgehead atoms. The Morgan fingerprint density at radius 2 is 2.29 bits per heavy atom. The molecule has 1 heteroatoms. The number of rotatable bonds is 2. The van der Waals surface area contributed by atoms with E-state index in [1.807, 2.05) is 6.08 Å².